The minimum absolute atomic E-state index is 0.0776. The lowest BCUT2D eigenvalue weighted by atomic mass is 10.0. The predicted octanol–water partition coefficient (Wildman–Crippen LogP) is 7.42. The third-order valence-corrected chi connectivity index (χ3v) is 5.97. The van der Waals surface area contributed by atoms with E-state index in [1.807, 2.05) is 12.1 Å². The molecule has 0 spiro atoms. The molecule has 0 radical (unpaired) electrons. The largest absolute Gasteiger partial charge is 0.0843 e. The van der Waals surface area contributed by atoms with Crippen LogP contribution >= 0.6 is 75.3 Å². The Bertz CT molecular complexity index is 605. The van der Waals surface area contributed by atoms with Crippen LogP contribution in [0.4, 0.5) is 0 Å². The lowest BCUT2D eigenvalue weighted by Crippen LogP contribution is -1.95. The summed E-state index contributed by atoms with van der Waals surface area (Å²) in [6, 6.07) is 10.1. The van der Waals surface area contributed by atoms with Crippen LogP contribution in [-0.4, -0.2) is 0 Å². The first-order valence-electron chi connectivity index (χ1n) is 5.44. The van der Waals surface area contributed by atoms with Gasteiger partial charge in [0.05, 0.1) is 4.83 Å². The van der Waals surface area contributed by atoms with E-state index in [0.717, 1.165) is 29.6 Å². The summed E-state index contributed by atoms with van der Waals surface area (Å²) < 4.78 is 3.14. The van der Waals surface area contributed by atoms with Gasteiger partial charge in [0.25, 0.3) is 0 Å². The van der Waals surface area contributed by atoms with Gasteiger partial charge in [-0.1, -0.05) is 75.3 Å². The van der Waals surface area contributed by atoms with Crippen molar-refractivity contribution in [3.63, 3.8) is 0 Å². The SMILES string of the molecule is Cc1cc(Br)c(C(Br)c2cc(Cl)cc(Br)c2)cc1Br. The van der Waals surface area contributed by atoms with Crippen molar-refractivity contribution < 1.29 is 0 Å². The summed E-state index contributed by atoms with van der Waals surface area (Å²) in [5.74, 6) is 0. The van der Waals surface area contributed by atoms with E-state index in [9.17, 15) is 0 Å². The molecule has 2 aromatic carbocycles. The molecule has 19 heavy (non-hydrogen) atoms. The summed E-state index contributed by atoms with van der Waals surface area (Å²) in [7, 11) is 0. The molecule has 5 heteroatoms. The maximum absolute atomic E-state index is 6.11. The molecule has 100 valence electrons. The zero-order chi connectivity index (χ0) is 14.2. The Morgan fingerprint density at radius 3 is 2.26 bits per heavy atom. The number of hydrogen-bond donors (Lipinski definition) is 0. The zero-order valence-corrected chi connectivity index (χ0v) is 17.0. The second-order valence-electron chi connectivity index (χ2n) is 4.19. The highest BCUT2D eigenvalue weighted by Crippen LogP contribution is 2.39. The highest BCUT2D eigenvalue weighted by molar-refractivity contribution is 9.11. The smallest absolute Gasteiger partial charge is 0.0656 e. The molecule has 0 N–H and O–H groups in total. The van der Waals surface area contributed by atoms with Gasteiger partial charge in [-0.3, -0.25) is 0 Å². The Morgan fingerprint density at radius 1 is 0.947 bits per heavy atom. The van der Waals surface area contributed by atoms with Crippen molar-refractivity contribution in [1.82, 2.24) is 0 Å². The van der Waals surface area contributed by atoms with Gasteiger partial charge in [-0.2, -0.15) is 0 Å². The van der Waals surface area contributed by atoms with Gasteiger partial charge in [0.2, 0.25) is 0 Å². The molecule has 2 aromatic rings. The second kappa shape index (κ2) is 6.61. The van der Waals surface area contributed by atoms with E-state index in [1.54, 1.807) is 0 Å². The molecule has 2 rings (SSSR count). The molecule has 0 bridgehead atoms. The molecule has 0 amide bonds. The molecular formula is C14H9Br4Cl. The average Bonchev–Trinajstić information content (AvgIpc) is 2.31. The first-order valence-corrected chi connectivity index (χ1v) is 9.11. The van der Waals surface area contributed by atoms with Crippen LogP contribution in [0, 0.1) is 6.92 Å². The number of aryl methyl sites for hydroxylation is 1. The molecule has 0 aromatic heterocycles. The average molecular weight is 532 g/mol. The second-order valence-corrected chi connectivity index (χ2v) is 8.16. The first kappa shape index (κ1) is 16.0. The standard InChI is InChI=1S/C14H9Br4Cl/c1-7-2-13(17)11(6-12(7)16)14(18)8-3-9(15)5-10(19)4-8/h2-6,14H,1H3. The lowest BCUT2D eigenvalue weighted by molar-refractivity contribution is 1.15. The highest BCUT2D eigenvalue weighted by Gasteiger charge is 2.16. The molecule has 0 aliphatic carbocycles. The van der Waals surface area contributed by atoms with Crippen molar-refractivity contribution in [2.45, 2.75) is 11.8 Å². The minimum atomic E-state index is 0.0776. The van der Waals surface area contributed by atoms with Crippen molar-refractivity contribution in [1.29, 1.82) is 0 Å². The van der Waals surface area contributed by atoms with Crippen LogP contribution < -0.4 is 0 Å². The van der Waals surface area contributed by atoms with Gasteiger partial charge in [0.1, 0.15) is 0 Å². The van der Waals surface area contributed by atoms with E-state index in [-0.39, 0.29) is 4.83 Å². The Labute approximate surface area is 151 Å². The van der Waals surface area contributed by atoms with E-state index >= 15 is 0 Å². The Hall–Kier alpha value is 0.650. The van der Waals surface area contributed by atoms with E-state index in [0.29, 0.717) is 0 Å². The predicted molar refractivity (Wildman–Crippen MR) is 96.5 cm³/mol. The fourth-order valence-electron chi connectivity index (χ4n) is 1.76. The fraction of sp³-hybridized carbons (Fsp3) is 0.143. The summed E-state index contributed by atoms with van der Waals surface area (Å²) >= 11 is 20.5. The lowest BCUT2D eigenvalue weighted by Gasteiger charge is -2.15. The monoisotopic (exact) mass is 528 g/mol. The summed E-state index contributed by atoms with van der Waals surface area (Å²) in [5, 5.41) is 0.719. The molecule has 0 nitrogen and oxygen atoms in total. The van der Waals surface area contributed by atoms with Crippen LogP contribution in [0.5, 0.6) is 0 Å². The molecule has 0 aliphatic heterocycles. The Morgan fingerprint density at radius 2 is 1.63 bits per heavy atom. The van der Waals surface area contributed by atoms with Crippen LogP contribution in [0.15, 0.2) is 43.7 Å². The van der Waals surface area contributed by atoms with Gasteiger partial charge in [-0.25, -0.2) is 0 Å². The van der Waals surface area contributed by atoms with Crippen LogP contribution in [0.25, 0.3) is 0 Å². The third kappa shape index (κ3) is 3.85. The zero-order valence-electron chi connectivity index (χ0n) is 9.85. The van der Waals surface area contributed by atoms with Gasteiger partial charge >= 0.3 is 0 Å². The molecule has 0 aliphatic rings. The number of rotatable bonds is 2. The summed E-state index contributed by atoms with van der Waals surface area (Å²) in [4.78, 5) is 0.0776. The quantitative estimate of drug-likeness (QED) is 0.354. The molecule has 0 heterocycles. The molecule has 0 saturated heterocycles. The summed E-state index contributed by atoms with van der Waals surface area (Å²) in [5.41, 5.74) is 3.46. The fourth-order valence-corrected chi connectivity index (χ4v) is 4.64. The highest BCUT2D eigenvalue weighted by atomic mass is 79.9. The van der Waals surface area contributed by atoms with Gasteiger partial charge in [-0.15, -0.1) is 0 Å². The molecule has 1 atom stereocenters. The van der Waals surface area contributed by atoms with Crippen molar-refractivity contribution >= 4 is 75.3 Å². The van der Waals surface area contributed by atoms with Crippen molar-refractivity contribution in [2.75, 3.05) is 0 Å². The van der Waals surface area contributed by atoms with Crippen LogP contribution in [0.3, 0.4) is 0 Å². The van der Waals surface area contributed by atoms with Gasteiger partial charge in [0.15, 0.2) is 0 Å². The summed E-state index contributed by atoms with van der Waals surface area (Å²) in [6.45, 7) is 2.07. The third-order valence-electron chi connectivity index (χ3n) is 2.73. The van der Waals surface area contributed by atoms with Crippen molar-refractivity contribution in [2.24, 2.45) is 0 Å². The Kier molecular flexibility index (Phi) is 5.58. The minimum Gasteiger partial charge on any atom is -0.0843 e. The van der Waals surface area contributed by atoms with E-state index in [2.05, 4.69) is 88.8 Å². The van der Waals surface area contributed by atoms with Crippen LogP contribution in [0.2, 0.25) is 5.02 Å². The van der Waals surface area contributed by atoms with Gasteiger partial charge in [-0.05, 0) is 53.9 Å². The topological polar surface area (TPSA) is 0 Å². The molecule has 1 unspecified atom stereocenters. The van der Waals surface area contributed by atoms with Crippen molar-refractivity contribution in [3.8, 4) is 0 Å². The normalized spacial score (nSPS) is 12.5. The van der Waals surface area contributed by atoms with E-state index < -0.39 is 0 Å². The maximum atomic E-state index is 6.11. The summed E-state index contributed by atoms with van der Waals surface area (Å²) in [6.07, 6.45) is 0. The number of halogens is 5. The molecule has 0 saturated carbocycles. The first-order chi connectivity index (χ1) is 8.88. The van der Waals surface area contributed by atoms with Gasteiger partial charge in [0, 0.05) is 18.4 Å². The number of hydrogen-bond acceptors (Lipinski definition) is 0. The molecule has 0 fully saturated rings. The number of benzene rings is 2. The van der Waals surface area contributed by atoms with E-state index in [1.165, 1.54) is 5.56 Å². The molecular weight excluding hydrogens is 523 g/mol. The maximum Gasteiger partial charge on any atom is 0.0656 e. The van der Waals surface area contributed by atoms with Gasteiger partial charge < -0.3 is 0 Å². The van der Waals surface area contributed by atoms with Crippen LogP contribution in [0.1, 0.15) is 21.5 Å². The Balaban J connectivity index is 2.49. The van der Waals surface area contributed by atoms with Crippen molar-refractivity contribution in [3.05, 3.63) is 65.5 Å². The van der Waals surface area contributed by atoms with E-state index in [4.69, 9.17) is 11.6 Å². The van der Waals surface area contributed by atoms with Crippen LogP contribution in [-0.2, 0) is 0 Å². The number of alkyl halides is 1.